The second kappa shape index (κ2) is 3.73. The van der Waals surface area contributed by atoms with Crippen LogP contribution in [0.3, 0.4) is 0 Å². The summed E-state index contributed by atoms with van der Waals surface area (Å²) in [5.74, 6) is -5.17. The van der Waals surface area contributed by atoms with Crippen molar-refractivity contribution in [2.24, 2.45) is 0 Å². The van der Waals surface area contributed by atoms with Gasteiger partial charge in [0.25, 0.3) is 0 Å². The highest BCUT2D eigenvalue weighted by Gasteiger charge is 2.62. The molecule has 84 valence electrons. The summed E-state index contributed by atoms with van der Waals surface area (Å²) in [5.41, 5.74) is -0.535. The van der Waals surface area contributed by atoms with Gasteiger partial charge in [-0.15, -0.1) is 0 Å². The van der Waals surface area contributed by atoms with Gasteiger partial charge >= 0.3 is 12.1 Å². The van der Waals surface area contributed by atoms with Crippen molar-refractivity contribution in [2.75, 3.05) is 0 Å². The summed E-state index contributed by atoms with van der Waals surface area (Å²) in [4.78, 5) is 3.43. The molecule has 7 heteroatoms. The van der Waals surface area contributed by atoms with Crippen molar-refractivity contribution in [1.29, 1.82) is 0 Å². The summed E-state index contributed by atoms with van der Waals surface area (Å²) < 4.78 is 60.8. The van der Waals surface area contributed by atoms with E-state index < -0.39 is 23.8 Å². The lowest BCUT2D eigenvalue weighted by Crippen LogP contribution is -2.42. The Hall–Kier alpha value is -1.24. The maximum absolute atomic E-state index is 12.6. The topological polar surface area (TPSA) is 33.1 Å². The first-order valence-corrected chi connectivity index (χ1v) is 3.79. The van der Waals surface area contributed by atoms with E-state index in [2.05, 4.69) is 4.98 Å². The monoisotopic (exact) mass is 227 g/mol. The van der Waals surface area contributed by atoms with Gasteiger partial charge in [0.15, 0.2) is 6.10 Å². The molecular formula is C8H6F5NO. The van der Waals surface area contributed by atoms with Crippen molar-refractivity contribution < 1.29 is 27.1 Å². The van der Waals surface area contributed by atoms with Crippen molar-refractivity contribution in [3.05, 3.63) is 30.1 Å². The minimum atomic E-state index is -5.78. The number of aliphatic hydroxyl groups is 1. The highest BCUT2D eigenvalue weighted by Crippen LogP contribution is 2.44. The van der Waals surface area contributed by atoms with Gasteiger partial charge in [0.1, 0.15) is 0 Å². The van der Waals surface area contributed by atoms with Gasteiger partial charge in [-0.25, -0.2) is 0 Å². The van der Waals surface area contributed by atoms with E-state index in [0.717, 1.165) is 24.5 Å². The molecule has 0 spiro atoms. The third kappa shape index (κ3) is 2.23. The second-order valence-electron chi connectivity index (χ2n) is 2.80. The van der Waals surface area contributed by atoms with Gasteiger partial charge in [-0.3, -0.25) is 4.98 Å². The molecule has 0 saturated heterocycles. The average Bonchev–Trinajstić information content (AvgIpc) is 2.16. The van der Waals surface area contributed by atoms with E-state index >= 15 is 0 Å². The Labute approximate surface area is 81.4 Å². The lowest BCUT2D eigenvalue weighted by Gasteiger charge is -2.24. The van der Waals surface area contributed by atoms with Crippen molar-refractivity contribution in [2.45, 2.75) is 18.2 Å². The van der Waals surface area contributed by atoms with Crippen LogP contribution in [0.1, 0.15) is 11.7 Å². The number of aromatic nitrogens is 1. The minimum absolute atomic E-state index is 0.535. The lowest BCUT2D eigenvalue weighted by atomic mass is 10.0. The summed E-state index contributed by atoms with van der Waals surface area (Å²) in [6.07, 6.45) is -6.66. The minimum Gasteiger partial charge on any atom is -0.382 e. The molecular weight excluding hydrogens is 221 g/mol. The largest absolute Gasteiger partial charge is 0.456 e. The Morgan fingerprint density at radius 2 is 1.53 bits per heavy atom. The summed E-state index contributed by atoms with van der Waals surface area (Å²) in [5, 5.41) is 8.89. The van der Waals surface area contributed by atoms with E-state index in [9.17, 15) is 22.0 Å². The Balaban J connectivity index is 3.00. The van der Waals surface area contributed by atoms with Crippen LogP contribution in [0.2, 0.25) is 0 Å². The van der Waals surface area contributed by atoms with Crippen molar-refractivity contribution >= 4 is 0 Å². The fourth-order valence-electron chi connectivity index (χ4n) is 0.910. The molecule has 0 saturated carbocycles. The number of hydrogen-bond donors (Lipinski definition) is 1. The second-order valence-corrected chi connectivity index (χ2v) is 2.80. The van der Waals surface area contributed by atoms with E-state index in [1.807, 2.05) is 0 Å². The van der Waals surface area contributed by atoms with Gasteiger partial charge in [-0.2, -0.15) is 22.0 Å². The first kappa shape index (κ1) is 11.8. The summed E-state index contributed by atoms with van der Waals surface area (Å²) in [6, 6.07) is 1.79. The molecule has 1 aromatic rings. The molecule has 1 aromatic heterocycles. The molecule has 0 bridgehead atoms. The predicted octanol–water partition coefficient (Wildman–Crippen LogP) is 2.31. The summed E-state index contributed by atoms with van der Waals surface area (Å²) in [7, 11) is 0. The highest BCUT2D eigenvalue weighted by atomic mass is 19.4. The van der Waals surface area contributed by atoms with Crippen LogP contribution in [0.15, 0.2) is 24.5 Å². The smallest absolute Gasteiger partial charge is 0.382 e. The molecule has 1 N–H and O–H groups in total. The molecule has 0 aliphatic heterocycles. The van der Waals surface area contributed by atoms with Crippen molar-refractivity contribution in [1.82, 2.24) is 4.98 Å². The van der Waals surface area contributed by atoms with Crippen LogP contribution in [-0.4, -0.2) is 22.2 Å². The Morgan fingerprint density at radius 1 is 1.07 bits per heavy atom. The zero-order valence-corrected chi connectivity index (χ0v) is 7.17. The Kier molecular flexibility index (Phi) is 2.94. The van der Waals surface area contributed by atoms with Crippen LogP contribution in [0, 0.1) is 0 Å². The molecule has 0 aromatic carbocycles. The Morgan fingerprint density at radius 3 is 1.93 bits per heavy atom. The molecule has 2 nitrogen and oxygen atoms in total. The molecule has 15 heavy (non-hydrogen) atoms. The fraction of sp³-hybridized carbons (Fsp3) is 0.375. The van der Waals surface area contributed by atoms with Gasteiger partial charge in [-0.05, 0) is 17.7 Å². The number of hydrogen-bond acceptors (Lipinski definition) is 2. The zero-order valence-electron chi connectivity index (χ0n) is 7.17. The Bertz CT molecular complexity index is 324. The molecule has 0 amide bonds. The molecule has 1 unspecified atom stereocenters. The number of nitrogens with zero attached hydrogens (tertiary/aromatic N) is 1. The number of rotatable bonds is 2. The van der Waals surface area contributed by atoms with E-state index in [1.165, 1.54) is 0 Å². The maximum Gasteiger partial charge on any atom is 0.456 e. The van der Waals surface area contributed by atoms with Crippen LogP contribution < -0.4 is 0 Å². The molecule has 0 aliphatic carbocycles. The number of pyridine rings is 1. The van der Waals surface area contributed by atoms with Gasteiger partial charge in [0.2, 0.25) is 0 Å². The van der Waals surface area contributed by atoms with Crippen molar-refractivity contribution in [3.8, 4) is 0 Å². The molecule has 1 atom stereocenters. The van der Waals surface area contributed by atoms with Crippen LogP contribution in [0.4, 0.5) is 22.0 Å². The molecule has 0 radical (unpaired) electrons. The first-order chi connectivity index (χ1) is 6.77. The maximum atomic E-state index is 12.6. The van der Waals surface area contributed by atoms with Crippen LogP contribution >= 0.6 is 0 Å². The van der Waals surface area contributed by atoms with Crippen LogP contribution in [0.25, 0.3) is 0 Å². The van der Waals surface area contributed by atoms with Crippen LogP contribution in [-0.2, 0) is 0 Å². The molecule has 1 rings (SSSR count). The van der Waals surface area contributed by atoms with Gasteiger partial charge in [-0.1, -0.05) is 0 Å². The van der Waals surface area contributed by atoms with Crippen molar-refractivity contribution in [3.63, 3.8) is 0 Å². The molecule has 1 heterocycles. The summed E-state index contributed by atoms with van der Waals surface area (Å²) in [6.45, 7) is 0. The van der Waals surface area contributed by atoms with Gasteiger partial charge in [0.05, 0.1) is 0 Å². The van der Waals surface area contributed by atoms with E-state index in [-0.39, 0.29) is 0 Å². The number of halogens is 5. The number of aliphatic hydroxyl groups excluding tert-OH is 1. The lowest BCUT2D eigenvalue weighted by molar-refractivity contribution is -0.315. The number of alkyl halides is 5. The standard InChI is InChI=1S/C8H6F5NO/c9-7(10,8(11,12)13)6(15)5-1-3-14-4-2-5/h1-4,6,15H. The normalized spacial score (nSPS) is 15.1. The van der Waals surface area contributed by atoms with E-state index in [1.54, 1.807) is 0 Å². The molecule has 0 fully saturated rings. The highest BCUT2D eigenvalue weighted by molar-refractivity contribution is 5.16. The third-order valence-electron chi connectivity index (χ3n) is 1.74. The fourth-order valence-corrected chi connectivity index (χ4v) is 0.910. The zero-order chi connectivity index (χ0) is 11.7. The third-order valence-corrected chi connectivity index (χ3v) is 1.74. The van der Waals surface area contributed by atoms with Gasteiger partial charge in [0, 0.05) is 12.4 Å². The van der Waals surface area contributed by atoms with Crippen LogP contribution in [0.5, 0.6) is 0 Å². The SMILES string of the molecule is OC(c1ccncc1)C(F)(F)C(F)(F)F. The average molecular weight is 227 g/mol. The molecule has 0 aliphatic rings. The quantitative estimate of drug-likeness (QED) is 0.786. The van der Waals surface area contributed by atoms with Gasteiger partial charge < -0.3 is 5.11 Å². The van der Waals surface area contributed by atoms with E-state index in [0.29, 0.717) is 0 Å². The first-order valence-electron chi connectivity index (χ1n) is 3.79. The predicted molar refractivity (Wildman–Crippen MR) is 40.2 cm³/mol. The summed E-state index contributed by atoms with van der Waals surface area (Å²) >= 11 is 0. The van der Waals surface area contributed by atoms with E-state index in [4.69, 9.17) is 5.11 Å².